The molecule has 0 spiro atoms. The Morgan fingerprint density at radius 2 is 1.80 bits per heavy atom. The summed E-state index contributed by atoms with van der Waals surface area (Å²) < 4.78 is 0. The first-order valence-electron chi connectivity index (χ1n) is 8.10. The summed E-state index contributed by atoms with van der Waals surface area (Å²) in [5.41, 5.74) is 2.81. The third kappa shape index (κ3) is 4.63. The molecule has 0 unspecified atom stereocenters. The third-order valence-corrected chi connectivity index (χ3v) is 3.52. The lowest BCUT2D eigenvalue weighted by molar-refractivity contribution is 0.262. The van der Waals surface area contributed by atoms with Crippen molar-refractivity contribution < 1.29 is 4.79 Å². The fourth-order valence-corrected chi connectivity index (χ4v) is 2.42. The molecule has 3 rings (SSSR count). The largest absolute Gasteiger partial charge is 0.326 e. The van der Waals surface area contributed by atoms with Gasteiger partial charge in [0.15, 0.2) is 5.82 Å². The van der Waals surface area contributed by atoms with Crippen LogP contribution in [-0.4, -0.2) is 26.2 Å². The van der Waals surface area contributed by atoms with E-state index in [4.69, 9.17) is 0 Å². The number of amides is 2. The molecule has 1 aromatic carbocycles. The number of nitrogens with zero attached hydrogens (tertiary/aromatic N) is 3. The Balaban J connectivity index is 1.58. The number of rotatable bonds is 5. The number of aromatic nitrogens is 4. The molecule has 2 aromatic heterocycles. The van der Waals surface area contributed by atoms with Crippen LogP contribution in [0.25, 0.3) is 11.4 Å². The van der Waals surface area contributed by atoms with Gasteiger partial charge in [-0.25, -0.2) is 4.79 Å². The molecule has 0 fully saturated rings. The highest BCUT2D eigenvalue weighted by molar-refractivity contribution is 5.98. The molecule has 2 heterocycles. The molecule has 0 saturated heterocycles. The van der Waals surface area contributed by atoms with Crippen molar-refractivity contribution in [3.05, 3.63) is 54.4 Å². The number of aromatic amines is 1. The van der Waals surface area contributed by atoms with Gasteiger partial charge in [0.05, 0.1) is 0 Å². The van der Waals surface area contributed by atoms with Crippen LogP contribution in [-0.2, 0) is 6.42 Å². The van der Waals surface area contributed by atoms with E-state index in [-0.39, 0.29) is 5.95 Å². The van der Waals surface area contributed by atoms with E-state index in [1.165, 1.54) is 5.56 Å². The number of H-pyrrole nitrogens is 1. The molecule has 7 nitrogen and oxygen atoms in total. The van der Waals surface area contributed by atoms with Crippen LogP contribution < -0.4 is 10.6 Å². The molecule has 0 saturated carbocycles. The first-order valence-corrected chi connectivity index (χ1v) is 8.10. The van der Waals surface area contributed by atoms with Crippen LogP contribution in [0.3, 0.4) is 0 Å². The second kappa shape index (κ2) is 7.57. The Bertz CT molecular complexity index is 826. The van der Waals surface area contributed by atoms with Crippen LogP contribution in [0.5, 0.6) is 0 Å². The smallest absolute Gasteiger partial charge is 0.308 e. The van der Waals surface area contributed by atoms with Crippen LogP contribution in [0.15, 0.2) is 48.8 Å². The summed E-state index contributed by atoms with van der Waals surface area (Å²) in [7, 11) is 0. The number of hydrogen-bond donors (Lipinski definition) is 3. The van der Waals surface area contributed by atoms with E-state index >= 15 is 0 Å². The highest BCUT2D eigenvalue weighted by Gasteiger charge is 2.09. The van der Waals surface area contributed by atoms with Crippen molar-refractivity contribution in [1.82, 2.24) is 20.2 Å². The van der Waals surface area contributed by atoms with Gasteiger partial charge in [-0.05, 0) is 42.2 Å². The molecule has 128 valence electrons. The lowest BCUT2D eigenvalue weighted by Gasteiger charge is -2.08. The number of carbonyl (C=O) groups excluding carboxylic acids is 1. The molecule has 3 aromatic rings. The zero-order valence-electron chi connectivity index (χ0n) is 14.2. The van der Waals surface area contributed by atoms with Gasteiger partial charge in [-0.2, -0.15) is 4.98 Å². The predicted octanol–water partition coefficient (Wildman–Crippen LogP) is 3.71. The highest BCUT2D eigenvalue weighted by Crippen LogP contribution is 2.15. The van der Waals surface area contributed by atoms with Gasteiger partial charge >= 0.3 is 6.03 Å². The topological polar surface area (TPSA) is 95.6 Å². The summed E-state index contributed by atoms with van der Waals surface area (Å²) >= 11 is 0. The Morgan fingerprint density at radius 1 is 1.08 bits per heavy atom. The minimum absolute atomic E-state index is 0.209. The molecule has 0 radical (unpaired) electrons. The van der Waals surface area contributed by atoms with Gasteiger partial charge in [0, 0.05) is 23.6 Å². The molecule has 25 heavy (non-hydrogen) atoms. The van der Waals surface area contributed by atoms with E-state index in [0.29, 0.717) is 11.7 Å². The Morgan fingerprint density at radius 3 is 2.48 bits per heavy atom. The van der Waals surface area contributed by atoms with Crippen LogP contribution >= 0.6 is 0 Å². The minimum Gasteiger partial charge on any atom is -0.308 e. The number of benzene rings is 1. The van der Waals surface area contributed by atoms with Crippen molar-refractivity contribution in [2.45, 2.75) is 20.3 Å². The van der Waals surface area contributed by atoms with Crippen molar-refractivity contribution in [3.8, 4) is 11.4 Å². The quantitative estimate of drug-likeness (QED) is 0.662. The predicted molar refractivity (Wildman–Crippen MR) is 97.2 cm³/mol. The van der Waals surface area contributed by atoms with E-state index in [1.807, 2.05) is 36.4 Å². The zero-order valence-corrected chi connectivity index (χ0v) is 14.2. The van der Waals surface area contributed by atoms with E-state index in [0.717, 1.165) is 17.7 Å². The molecule has 3 N–H and O–H groups in total. The first-order chi connectivity index (χ1) is 12.1. The van der Waals surface area contributed by atoms with Gasteiger partial charge in [-0.3, -0.25) is 15.4 Å². The van der Waals surface area contributed by atoms with Gasteiger partial charge < -0.3 is 5.32 Å². The molecular formula is C18H20N6O. The Labute approximate surface area is 145 Å². The maximum atomic E-state index is 12.1. The molecule has 0 aliphatic rings. The first kappa shape index (κ1) is 16.6. The van der Waals surface area contributed by atoms with Gasteiger partial charge in [0.2, 0.25) is 0 Å². The van der Waals surface area contributed by atoms with Crippen molar-refractivity contribution in [2.75, 3.05) is 10.6 Å². The number of hydrogen-bond acceptors (Lipinski definition) is 4. The highest BCUT2D eigenvalue weighted by atomic mass is 16.2. The van der Waals surface area contributed by atoms with Crippen molar-refractivity contribution in [3.63, 3.8) is 0 Å². The second-order valence-electron chi connectivity index (χ2n) is 6.12. The number of carbonyl (C=O) groups is 1. The monoisotopic (exact) mass is 336 g/mol. The maximum Gasteiger partial charge on any atom is 0.326 e. The SMILES string of the molecule is CC(C)Cc1ccc(NC(=O)Nc2n[nH]c(-c3ccncc3)n2)cc1. The summed E-state index contributed by atoms with van der Waals surface area (Å²) in [4.78, 5) is 20.3. The lowest BCUT2D eigenvalue weighted by Crippen LogP contribution is -2.20. The van der Waals surface area contributed by atoms with Crippen molar-refractivity contribution >= 4 is 17.7 Å². The second-order valence-corrected chi connectivity index (χ2v) is 6.12. The van der Waals surface area contributed by atoms with E-state index in [9.17, 15) is 4.79 Å². The Kier molecular flexibility index (Phi) is 5.03. The van der Waals surface area contributed by atoms with Crippen molar-refractivity contribution in [1.29, 1.82) is 0 Å². The van der Waals surface area contributed by atoms with E-state index in [2.05, 4.69) is 44.6 Å². The van der Waals surface area contributed by atoms with Gasteiger partial charge in [0.1, 0.15) is 0 Å². The van der Waals surface area contributed by atoms with E-state index in [1.54, 1.807) is 12.4 Å². The minimum atomic E-state index is -0.392. The van der Waals surface area contributed by atoms with Crippen LogP contribution in [0.4, 0.5) is 16.4 Å². The van der Waals surface area contributed by atoms with Crippen LogP contribution in [0.2, 0.25) is 0 Å². The molecule has 0 atom stereocenters. The summed E-state index contributed by atoms with van der Waals surface area (Å²) in [5.74, 6) is 1.37. The van der Waals surface area contributed by atoms with Gasteiger partial charge in [-0.1, -0.05) is 26.0 Å². The number of anilines is 2. The number of nitrogens with one attached hydrogen (secondary N) is 3. The molecule has 2 amide bonds. The molecule has 0 aliphatic heterocycles. The summed E-state index contributed by atoms with van der Waals surface area (Å²) in [6.45, 7) is 4.35. The molecule has 0 aliphatic carbocycles. The molecule has 0 bridgehead atoms. The fraction of sp³-hybridized carbons (Fsp3) is 0.222. The Hall–Kier alpha value is -3.22. The van der Waals surface area contributed by atoms with Gasteiger partial charge in [0.25, 0.3) is 5.95 Å². The molecule has 7 heteroatoms. The number of pyridine rings is 1. The average molecular weight is 336 g/mol. The van der Waals surface area contributed by atoms with Crippen LogP contribution in [0.1, 0.15) is 19.4 Å². The van der Waals surface area contributed by atoms with Crippen LogP contribution in [0, 0.1) is 5.92 Å². The number of urea groups is 1. The maximum absolute atomic E-state index is 12.1. The summed E-state index contributed by atoms with van der Waals surface area (Å²) in [6, 6.07) is 11.0. The standard InChI is InChI=1S/C18H20N6O/c1-12(2)11-13-3-5-15(6-4-13)20-18(25)22-17-21-16(23-24-17)14-7-9-19-10-8-14/h3-10,12H,11H2,1-2H3,(H3,20,21,22,23,24,25). The summed E-state index contributed by atoms with van der Waals surface area (Å²) in [5, 5.41) is 12.2. The van der Waals surface area contributed by atoms with E-state index < -0.39 is 6.03 Å². The normalized spacial score (nSPS) is 10.7. The average Bonchev–Trinajstić information content (AvgIpc) is 3.05. The van der Waals surface area contributed by atoms with Gasteiger partial charge in [-0.15, -0.1) is 5.10 Å². The molecular weight excluding hydrogens is 316 g/mol. The lowest BCUT2D eigenvalue weighted by atomic mass is 10.0. The van der Waals surface area contributed by atoms with Crippen molar-refractivity contribution in [2.24, 2.45) is 5.92 Å². The third-order valence-electron chi connectivity index (χ3n) is 3.52. The fourth-order valence-electron chi connectivity index (χ4n) is 2.42. The zero-order chi connectivity index (χ0) is 17.6. The summed E-state index contributed by atoms with van der Waals surface area (Å²) in [6.07, 6.45) is 4.35.